The molecule has 7 heteroatoms. The number of fused-ring (bicyclic) bond motifs is 1. The highest BCUT2D eigenvalue weighted by atomic mass is 35.5. The SMILES string of the molecule is Nc1cnc(Cl)c(C(=O)N2CCCC3C(=O)NCC32)c1. The van der Waals surface area contributed by atoms with Crippen LogP contribution in [0.3, 0.4) is 0 Å². The van der Waals surface area contributed by atoms with Crippen LogP contribution in [0.15, 0.2) is 12.3 Å². The van der Waals surface area contributed by atoms with Gasteiger partial charge in [-0.05, 0) is 18.9 Å². The van der Waals surface area contributed by atoms with Gasteiger partial charge >= 0.3 is 0 Å². The molecule has 20 heavy (non-hydrogen) atoms. The Kier molecular flexibility index (Phi) is 3.25. The van der Waals surface area contributed by atoms with Crippen LogP contribution in [-0.4, -0.2) is 40.8 Å². The summed E-state index contributed by atoms with van der Waals surface area (Å²) in [6.07, 6.45) is 3.05. The van der Waals surface area contributed by atoms with E-state index >= 15 is 0 Å². The van der Waals surface area contributed by atoms with Gasteiger partial charge < -0.3 is 16.0 Å². The number of aromatic nitrogens is 1. The molecule has 2 amide bonds. The number of nitrogens with zero attached hydrogens (tertiary/aromatic N) is 2. The van der Waals surface area contributed by atoms with E-state index < -0.39 is 0 Å². The second-order valence-electron chi connectivity index (χ2n) is 5.17. The average Bonchev–Trinajstić information content (AvgIpc) is 2.83. The molecular weight excluding hydrogens is 280 g/mol. The zero-order valence-electron chi connectivity index (χ0n) is 10.8. The van der Waals surface area contributed by atoms with Crippen LogP contribution in [0.2, 0.25) is 5.15 Å². The fraction of sp³-hybridized carbons (Fsp3) is 0.462. The zero-order chi connectivity index (χ0) is 14.3. The molecule has 3 N–H and O–H groups in total. The third-order valence-electron chi connectivity index (χ3n) is 3.95. The zero-order valence-corrected chi connectivity index (χ0v) is 11.6. The molecule has 0 radical (unpaired) electrons. The van der Waals surface area contributed by atoms with Gasteiger partial charge in [0.15, 0.2) is 0 Å². The maximum atomic E-state index is 12.6. The number of carbonyl (C=O) groups excluding carboxylic acids is 2. The summed E-state index contributed by atoms with van der Waals surface area (Å²) >= 11 is 5.99. The second kappa shape index (κ2) is 4.94. The van der Waals surface area contributed by atoms with E-state index in [1.165, 1.54) is 12.3 Å². The summed E-state index contributed by atoms with van der Waals surface area (Å²) in [5.74, 6) is -0.286. The molecule has 0 aliphatic carbocycles. The topological polar surface area (TPSA) is 88.3 Å². The predicted octanol–water partition coefficient (Wildman–Crippen LogP) is 0.668. The number of likely N-dealkylation sites (tertiary alicyclic amines) is 1. The van der Waals surface area contributed by atoms with Crippen LogP contribution < -0.4 is 11.1 Å². The summed E-state index contributed by atoms with van der Waals surface area (Å²) in [6.45, 7) is 1.13. The molecule has 2 unspecified atom stereocenters. The van der Waals surface area contributed by atoms with Crippen molar-refractivity contribution in [2.45, 2.75) is 18.9 Å². The average molecular weight is 295 g/mol. The van der Waals surface area contributed by atoms with Crippen molar-refractivity contribution in [1.29, 1.82) is 0 Å². The monoisotopic (exact) mass is 294 g/mol. The molecule has 1 aromatic rings. The van der Waals surface area contributed by atoms with E-state index in [-0.39, 0.29) is 28.9 Å². The van der Waals surface area contributed by atoms with Crippen molar-refractivity contribution in [3.63, 3.8) is 0 Å². The van der Waals surface area contributed by atoms with Crippen LogP contribution in [0, 0.1) is 5.92 Å². The highest BCUT2D eigenvalue weighted by Gasteiger charge is 2.43. The lowest BCUT2D eigenvalue weighted by Gasteiger charge is -2.36. The van der Waals surface area contributed by atoms with Gasteiger partial charge in [-0.2, -0.15) is 0 Å². The number of nitrogens with one attached hydrogen (secondary N) is 1. The number of rotatable bonds is 1. The van der Waals surface area contributed by atoms with Gasteiger partial charge in [0.1, 0.15) is 5.15 Å². The van der Waals surface area contributed by atoms with Crippen molar-refractivity contribution in [3.8, 4) is 0 Å². The van der Waals surface area contributed by atoms with Gasteiger partial charge in [0.05, 0.1) is 29.4 Å². The molecule has 106 valence electrons. The summed E-state index contributed by atoms with van der Waals surface area (Å²) in [5.41, 5.74) is 6.36. The summed E-state index contributed by atoms with van der Waals surface area (Å²) < 4.78 is 0. The van der Waals surface area contributed by atoms with E-state index in [2.05, 4.69) is 10.3 Å². The molecule has 2 aliphatic rings. The Labute approximate surface area is 121 Å². The number of anilines is 1. The number of carbonyl (C=O) groups is 2. The number of pyridine rings is 1. The lowest BCUT2D eigenvalue weighted by atomic mass is 9.91. The van der Waals surface area contributed by atoms with Gasteiger partial charge in [-0.15, -0.1) is 0 Å². The van der Waals surface area contributed by atoms with Crippen LogP contribution in [0.4, 0.5) is 5.69 Å². The Hall–Kier alpha value is -1.82. The largest absolute Gasteiger partial charge is 0.397 e. The number of hydrogen-bond donors (Lipinski definition) is 2. The normalized spacial score (nSPS) is 25.2. The molecule has 2 atom stereocenters. The Morgan fingerprint density at radius 3 is 3.15 bits per heavy atom. The smallest absolute Gasteiger partial charge is 0.257 e. The van der Waals surface area contributed by atoms with Crippen molar-refractivity contribution in [2.75, 3.05) is 18.8 Å². The highest BCUT2D eigenvalue weighted by molar-refractivity contribution is 6.32. The van der Waals surface area contributed by atoms with Gasteiger partial charge in [-0.25, -0.2) is 4.98 Å². The van der Waals surface area contributed by atoms with Crippen molar-refractivity contribution >= 4 is 29.1 Å². The van der Waals surface area contributed by atoms with Gasteiger partial charge in [-0.1, -0.05) is 11.6 Å². The van der Waals surface area contributed by atoms with Gasteiger partial charge in [0.2, 0.25) is 5.91 Å². The first-order valence-corrected chi connectivity index (χ1v) is 6.95. The molecule has 0 bridgehead atoms. The van der Waals surface area contributed by atoms with Gasteiger partial charge in [0, 0.05) is 13.1 Å². The Balaban J connectivity index is 1.90. The minimum Gasteiger partial charge on any atom is -0.397 e. The summed E-state index contributed by atoms with van der Waals surface area (Å²) in [5, 5.41) is 2.96. The third-order valence-corrected chi connectivity index (χ3v) is 4.25. The van der Waals surface area contributed by atoms with E-state index in [0.29, 0.717) is 24.3 Å². The Morgan fingerprint density at radius 2 is 2.35 bits per heavy atom. The standard InChI is InChI=1S/C13H15ClN4O2/c14-11-9(4-7(15)5-16-11)13(20)18-3-1-2-8-10(18)6-17-12(8)19/h4-5,8,10H,1-3,6,15H2,(H,17,19). The first kappa shape index (κ1) is 13.2. The molecule has 6 nitrogen and oxygen atoms in total. The number of nitrogen functional groups attached to an aromatic ring is 1. The van der Waals surface area contributed by atoms with E-state index in [9.17, 15) is 9.59 Å². The summed E-state index contributed by atoms with van der Waals surface area (Å²) in [4.78, 5) is 30.0. The van der Waals surface area contributed by atoms with Crippen molar-refractivity contribution in [3.05, 3.63) is 23.0 Å². The lowest BCUT2D eigenvalue weighted by Crippen LogP contribution is -2.48. The maximum absolute atomic E-state index is 12.6. The number of halogens is 1. The molecule has 1 aromatic heterocycles. The van der Waals surface area contributed by atoms with Gasteiger partial charge in [-0.3, -0.25) is 9.59 Å². The minimum atomic E-state index is -0.207. The molecule has 0 saturated carbocycles. The second-order valence-corrected chi connectivity index (χ2v) is 5.52. The number of amides is 2. The van der Waals surface area contributed by atoms with E-state index in [0.717, 1.165) is 12.8 Å². The molecule has 3 heterocycles. The van der Waals surface area contributed by atoms with E-state index in [1.807, 2.05) is 0 Å². The third kappa shape index (κ3) is 2.10. The summed E-state index contributed by atoms with van der Waals surface area (Å²) in [6, 6.07) is 1.44. The van der Waals surface area contributed by atoms with Crippen LogP contribution in [0.25, 0.3) is 0 Å². The minimum absolute atomic E-state index is 0.0318. The van der Waals surface area contributed by atoms with Crippen molar-refractivity contribution in [1.82, 2.24) is 15.2 Å². The quantitative estimate of drug-likeness (QED) is 0.745. The molecule has 0 spiro atoms. The lowest BCUT2D eigenvalue weighted by molar-refractivity contribution is -0.123. The molecule has 2 fully saturated rings. The fourth-order valence-electron chi connectivity index (χ4n) is 2.97. The van der Waals surface area contributed by atoms with E-state index in [1.54, 1.807) is 4.90 Å². The maximum Gasteiger partial charge on any atom is 0.257 e. The number of nitrogens with two attached hydrogens (primary N) is 1. The van der Waals surface area contributed by atoms with Crippen LogP contribution in [0.5, 0.6) is 0 Å². The molecule has 2 saturated heterocycles. The Morgan fingerprint density at radius 1 is 1.55 bits per heavy atom. The predicted molar refractivity (Wildman–Crippen MR) is 74.2 cm³/mol. The molecule has 2 aliphatic heterocycles. The first-order valence-electron chi connectivity index (χ1n) is 6.57. The Bertz CT molecular complexity index is 577. The van der Waals surface area contributed by atoms with Crippen LogP contribution >= 0.6 is 11.6 Å². The molecule has 0 aromatic carbocycles. The van der Waals surface area contributed by atoms with E-state index in [4.69, 9.17) is 17.3 Å². The van der Waals surface area contributed by atoms with Crippen LogP contribution in [0.1, 0.15) is 23.2 Å². The number of hydrogen-bond acceptors (Lipinski definition) is 4. The fourth-order valence-corrected chi connectivity index (χ4v) is 3.16. The molecular formula is C13H15ClN4O2. The van der Waals surface area contributed by atoms with Crippen molar-refractivity contribution < 1.29 is 9.59 Å². The van der Waals surface area contributed by atoms with Gasteiger partial charge in [0.25, 0.3) is 5.91 Å². The van der Waals surface area contributed by atoms with Crippen molar-refractivity contribution in [2.24, 2.45) is 5.92 Å². The summed E-state index contributed by atoms with van der Waals surface area (Å²) in [7, 11) is 0. The van der Waals surface area contributed by atoms with Crippen LogP contribution in [-0.2, 0) is 4.79 Å². The first-order chi connectivity index (χ1) is 9.58. The number of piperidine rings is 1. The highest BCUT2D eigenvalue weighted by Crippen LogP contribution is 2.29. The molecule has 3 rings (SSSR count).